The van der Waals surface area contributed by atoms with Crippen molar-refractivity contribution in [3.05, 3.63) is 65.5 Å². The van der Waals surface area contributed by atoms with Crippen molar-refractivity contribution in [3.8, 4) is 0 Å². The molecule has 2 aromatic rings. The van der Waals surface area contributed by atoms with Crippen LogP contribution in [-0.4, -0.2) is 28.1 Å². The first-order chi connectivity index (χ1) is 9.70. The van der Waals surface area contributed by atoms with E-state index in [4.69, 9.17) is 0 Å². The Bertz CT molecular complexity index is 528. The molecule has 0 bridgehead atoms. The predicted molar refractivity (Wildman–Crippen MR) is 81.3 cm³/mol. The molecule has 20 heavy (non-hydrogen) atoms. The molecule has 1 heterocycles. The minimum absolute atomic E-state index is 0.163. The van der Waals surface area contributed by atoms with Crippen LogP contribution >= 0.6 is 0 Å². The molecule has 106 valence electrons. The van der Waals surface area contributed by atoms with Gasteiger partial charge in [-0.25, -0.2) is 0 Å². The van der Waals surface area contributed by atoms with Crippen LogP contribution in [0.25, 0.3) is 0 Å². The summed E-state index contributed by atoms with van der Waals surface area (Å²) in [5, 5.41) is 9.31. The number of pyridine rings is 1. The fourth-order valence-electron chi connectivity index (χ4n) is 2.41. The molecule has 1 atom stereocenters. The zero-order valence-electron chi connectivity index (χ0n) is 12.2. The number of rotatable bonds is 6. The molecule has 0 spiro atoms. The summed E-state index contributed by atoms with van der Waals surface area (Å²) in [5.74, 6) is 0. The fourth-order valence-corrected chi connectivity index (χ4v) is 2.41. The number of aryl methyl sites for hydroxylation is 1. The molecule has 0 saturated carbocycles. The number of aliphatic hydroxyl groups is 1. The summed E-state index contributed by atoms with van der Waals surface area (Å²) in [4.78, 5) is 6.42. The summed E-state index contributed by atoms with van der Waals surface area (Å²) in [7, 11) is 0. The maximum Gasteiger partial charge on any atom is 0.0558 e. The monoisotopic (exact) mass is 270 g/mol. The van der Waals surface area contributed by atoms with Gasteiger partial charge < -0.3 is 5.11 Å². The van der Waals surface area contributed by atoms with Crippen molar-refractivity contribution in [2.75, 3.05) is 13.2 Å². The normalized spacial score (nSPS) is 12.6. The van der Waals surface area contributed by atoms with Gasteiger partial charge in [0.05, 0.1) is 6.61 Å². The Morgan fingerprint density at radius 1 is 1.25 bits per heavy atom. The molecule has 0 fully saturated rings. The summed E-state index contributed by atoms with van der Waals surface area (Å²) in [5.41, 5.74) is 3.71. The number of nitrogens with zero attached hydrogens (tertiary/aromatic N) is 2. The second kappa shape index (κ2) is 7.17. The van der Waals surface area contributed by atoms with Crippen molar-refractivity contribution in [1.82, 2.24) is 9.88 Å². The van der Waals surface area contributed by atoms with E-state index in [-0.39, 0.29) is 12.6 Å². The van der Waals surface area contributed by atoms with Crippen LogP contribution in [0.1, 0.15) is 29.7 Å². The number of aliphatic hydroxyl groups excluding tert-OH is 1. The number of hydrogen-bond acceptors (Lipinski definition) is 3. The van der Waals surface area contributed by atoms with Crippen LogP contribution in [0.15, 0.2) is 48.8 Å². The zero-order valence-corrected chi connectivity index (χ0v) is 12.2. The third kappa shape index (κ3) is 3.89. The van der Waals surface area contributed by atoms with Gasteiger partial charge in [-0.2, -0.15) is 0 Å². The van der Waals surface area contributed by atoms with E-state index in [9.17, 15) is 5.11 Å². The van der Waals surface area contributed by atoms with Crippen molar-refractivity contribution < 1.29 is 5.11 Å². The van der Waals surface area contributed by atoms with E-state index in [1.54, 1.807) is 6.20 Å². The van der Waals surface area contributed by atoms with Crippen LogP contribution in [0.3, 0.4) is 0 Å². The molecule has 1 N–H and O–H groups in total. The first-order valence-corrected chi connectivity index (χ1v) is 7.01. The van der Waals surface area contributed by atoms with Gasteiger partial charge in [0.2, 0.25) is 0 Å². The van der Waals surface area contributed by atoms with Crippen LogP contribution < -0.4 is 0 Å². The van der Waals surface area contributed by atoms with Gasteiger partial charge in [-0.3, -0.25) is 9.88 Å². The first-order valence-electron chi connectivity index (χ1n) is 7.01. The zero-order chi connectivity index (χ0) is 14.4. The molecular formula is C17H22N2O. The van der Waals surface area contributed by atoms with Crippen molar-refractivity contribution >= 4 is 0 Å². The maximum absolute atomic E-state index is 9.31. The minimum Gasteiger partial charge on any atom is -0.395 e. The van der Waals surface area contributed by atoms with E-state index in [1.165, 1.54) is 16.7 Å². The lowest BCUT2D eigenvalue weighted by molar-refractivity contribution is 0.151. The predicted octanol–water partition coefficient (Wildman–Crippen LogP) is 2.95. The third-order valence-corrected chi connectivity index (χ3v) is 3.57. The quantitative estimate of drug-likeness (QED) is 0.876. The van der Waals surface area contributed by atoms with E-state index in [0.29, 0.717) is 6.54 Å². The van der Waals surface area contributed by atoms with Crippen molar-refractivity contribution in [2.45, 2.75) is 26.4 Å². The topological polar surface area (TPSA) is 36.4 Å². The molecule has 1 aromatic carbocycles. The van der Waals surface area contributed by atoms with Gasteiger partial charge in [-0.05, 0) is 31.0 Å². The van der Waals surface area contributed by atoms with Crippen molar-refractivity contribution in [1.29, 1.82) is 0 Å². The molecule has 0 aliphatic rings. The fraction of sp³-hybridized carbons (Fsp3) is 0.353. The molecule has 0 radical (unpaired) electrons. The molecule has 0 aliphatic heterocycles. The highest BCUT2D eigenvalue weighted by molar-refractivity contribution is 5.25. The first kappa shape index (κ1) is 14.7. The van der Waals surface area contributed by atoms with Gasteiger partial charge >= 0.3 is 0 Å². The Labute approximate surface area is 120 Å². The smallest absolute Gasteiger partial charge is 0.0558 e. The Morgan fingerprint density at radius 2 is 2.10 bits per heavy atom. The van der Waals surface area contributed by atoms with Gasteiger partial charge in [0, 0.05) is 31.5 Å². The number of aromatic nitrogens is 1. The van der Waals surface area contributed by atoms with Crippen LogP contribution in [0.2, 0.25) is 0 Å². The molecule has 3 heteroatoms. The standard InChI is InChI=1S/C17H22N2O/c1-14-5-3-7-17(11-14)15(2)19(9-10-20)13-16-6-4-8-18-12-16/h3-8,11-12,15,20H,9-10,13H2,1-2H3. The Balaban J connectivity index is 2.15. The van der Waals surface area contributed by atoms with Crippen molar-refractivity contribution in [3.63, 3.8) is 0 Å². The van der Waals surface area contributed by atoms with Crippen LogP contribution in [0.5, 0.6) is 0 Å². The highest BCUT2D eigenvalue weighted by Gasteiger charge is 2.15. The van der Waals surface area contributed by atoms with Gasteiger partial charge in [-0.15, -0.1) is 0 Å². The maximum atomic E-state index is 9.31. The summed E-state index contributed by atoms with van der Waals surface area (Å²) in [6.07, 6.45) is 3.66. The summed E-state index contributed by atoms with van der Waals surface area (Å²) < 4.78 is 0. The van der Waals surface area contributed by atoms with E-state index in [0.717, 1.165) is 6.54 Å². The second-order valence-electron chi connectivity index (χ2n) is 5.15. The van der Waals surface area contributed by atoms with Gasteiger partial charge in [0.15, 0.2) is 0 Å². The lowest BCUT2D eigenvalue weighted by Crippen LogP contribution is -2.29. The Kier molecular flexibility index (Phi) is 5.27. The SMILES string of the molecule is Cc1cccc(C(C)N(CCO)Cc2cccnc2)c1. The van der Waals surface area contributed by atoms with E-state index in [1.807, 2.05) is 12.3 Å². The lowest BCUT2D eigenvalue weighted by Gasteiger charge is -2.29. The molecule has 0 aliphatic carbocycles. The van der Waals surface area contributed by atoms with E-state index < -0.39 is 0 Å². The third-order valence-electron chi connectivity index (χ3n) is 3.57. The van der Waals surface area contributed by atoms with E-state index >= 15 is 0 Å². The number of hydrogen-bond donors (Lipinski definition) is 1. The molecule has 1 unspecified atom stereocenters. The van der Waals surface area contributed by atoms with Crippen molar-refractivity contribution in [2.24, 2.45) is 0 Å². The largest absolute Gasteiger partial charge is 0.395 e. The molecule has 2 rings (SSSR count). The highest BCUT2D eigenvalue weighted by Crippen LogP contribution is 2.22. The van der Waals surface area contributed by atoms with Gasteiger partial charge in [-0.1, -0.05) is 35.9 Å². The second-order valence-corrected chi connectivity index (χ2v) is 5.15. The highest BCUT2D eigenvalue weighted by atomic mass is 16.3. The van der Waals surface area contributed by atoms with Crippen LogP contribution in [0, 0.1) is 6.92 Å². The molecule has 0 amide bonds. The minimum atomic E-state index is 0.163. The average Bonchev–Trinajstić information content (AvgIpc) is 2.47. The number of benzene rings is 1. The average molecular weight is 270 g/mol. The van der Waals surface area contributed by atoms with Crippen LogP contribution in [-0.2, 0) is 6.54 Å². The Hall–Kier alpha value is -1.71. The molecule has 0 saturated heterocycles. The van der Waals surface area contributed by atoms with Crippen LogP contribution in [0.4, 0.5) is 0 Å². The van der Waals surface area contributed by atoms with Gasteiger partial charge in [0.25, 0.3) is 0 Å². The summed E-state index contributed by atoms with van der Waals surface area (Å²) >= 11 is 0. The summed E-state index contributed by atoms with van der Waals surface area (Å²) in [6, 6.07) is 12.8. The lowest BCUT2D eigenvalue weighted by atomic mass is 10.0. The molecule has 1 aromatic heterocycles. The van der Waals surface area contributed by atoms with E-state index in [2.05, 4.69) is 54.1 Å². The van der Waals surface area contributed by atoms with Gasteiger partial charge in [0.1, 0.15) is 0 Å². The Morgan fingerprint density at radius 3 is 2.75 bits per heavy atom. The molecule has 3 nitrogen and oxygen atoms in total. The molecular weight excluding hydrogens is 248 g/mol. The summed E-state index contributed by atoms with van der Waals surface area (Å²) in [6.45, 7) is 5.90.